The van der Waals surface area contributed by atoms with Gasteiger partial charge in [-0.1, -0.05) is 30.3 Å². The van der Waals surface area contributed by atoms with Gasteiger partial charge in [0, 0.05) is 32.0 Å². The van der Waals surface area contributed by atoms with Crippen LogP contribution in [0.1, 0.15) is 17.7 Å². The van der Waals surface area contributed by atoms with Gasteiger partial charge in [-0.15, -0.1) is 0 Å². The number of nitrogens with zero attached hydrogens (tertiary/aromatic N) is 4. The Morgan fingerprint density at radius 2 is 2.09 bits per heavy atom. The van der Waals surface area contributed by atoms with Crippen LogP contribution in [0.5, 0.6) is 0 Å². The molecular formula is C18H21N5. The number of nitrogens with one attached hydrogen (secondary N) is 1. The Hall–Kier alpha value is -2.40. The molecule has 3 heterocycles. The van der Waals surface area contributed by atoms with Crippen LogP contribution >= 0.6 is 0 Å². The Balaban J connectivity index is 1.47. The first-order chi connectivity index (χ1) is 11.4. The molecule has 4 rings (SSSR count). The lowest BCUT2D eigenvalue weighted by atomic mass is 10.1. The normalized spacial score (nSPS) is 13.9. The minimum absolute atomic E-state index is 0.891. The molecule has 0 spiro atoms. The third-order valence-corrected chi connectivity index (χ3v) is 4.32. The van der Waals surface area contributed by atoms with Gasteiger partial charge in [-0.05, 0) is 24.5 Å². The summed E-state index contributed by atoms with van der Waals surface area (Å²) >= 11 is 0. The van der Waals surface area contributed by atoms with Crippen molar-refractivity contribution in [2.24, 2.45) is 0 Å². The average Bonchev–Trinajstić information content (AvgIpc) is 3.21. The first-order valence-corrected chi connectivity index (χ1v) is 8.23. The van der Waals surface area contributed by atoms with Crippen LogP contribution in [0, 0.1) is 0 Å². The average molecular weight is 307 g/mol. The van der Waals surface area contributed by atoms with Crippen LogP contribution in [0.4, 0.5) is 0 Å². The number of imidazole rings is 1. The lowest BCUT2D eigenvalue weighted by Crippen LogP contribution is -2.28. The van der Waals surface area contributed by atoms with E-state index in [0.717, 1.165) is 50.5 Å². The van der Waals surface area contributed by atoms with Crippen molar-refractivity contribution >= 4 is 0 Å². The maximum Gasteiger partial charge on any atom is 0.160 e. The maximum absolute atomic E-state index is 4.71. The van der Waals surface area contributed by atoms with Crippen molar-refractivity contribution in [3.63, 3.8) is 0 Å². The van der Waals surface area contributed by atoms with Crippen LogP contribution in [0.15, 0.2) is 48.8 Å². The van der Waals surface area contributed by atoms with E-state index >= 15 is 0 Å². The fourth-order valence-electron chi connectivity index (χ4n) is 3.12. The number of aromatic nitrogens is 4. The first kappa shape index (κ1) is 14.2. The summed E-state index contributed by atoms with van der Waals surface area (Å²) in [6.45, 7) is 3.77. The molecule has 0 amide bonds. The highest BCUT2D eigenvalue weighted by molar-refractivity contribution is 5.50. The second-order valence-electron chi connectivity index (χ2n) is 5.95. The van der Waals surface area contributed by atoms with E-state index in [4.69, 9.17) is 5.10 Å². The smallest absolute Gasteiger partial charge is 0.160 e. The molecule has 1 aliphatic heterocycles. The molecule has 1 aromatic carbocycles. The summed E-state index contributed by atoms with van der Waals surface area (Å²) in [6.07, 6.45) is 6.11. The fourth-order valence-corrected chi connectivity index (χ4v) is 3.12. The van der Waals surface area contributed by atoms with Crippen molar-refractivity contribution in [1.29, 1.82) is 0 Å². The molecule has 0 unspecified atom stereocenters. The Morgan fingerprint density at radius 3 is 2.96 bits per heavy atom. The van der Waals surface area contributed by atoms with E-state index in [-0.39, 0.29) is 0 Å². The second-order valence-corrected chi connectivity index (χ2v) is 5.95. The highest BCUT2D eigenvalue weighted by Crippen LogP contribution is 2.19. The van der Waals surface area contributed by atoms with E-state index in [2.05, 4.69) is 62.1 Å². The molecule has 0 aliphatic carbocycles. The fraction of sp³-hybridized carbons (Fsp3) is 0.333. The number of aryl methyl sites for hydroxylation is 2. The molecular weight excluding hydrogens is 286 g/mol. The van der Waals surface area contributed by atoms with E-state index in [0.29, 0.717) is 0 Å². The van der Waals surface area contributed by atoms with Gasteiger partial charge in [-0.2, -0.15) is 5.10 Å². The predicted octanol–water partition coefficient (Wildman–Crippen LogP) is 2.48. The largest absolute Gasteiger partial charge is 0.330 e. The Labute approximate surface area is 136 Å². The molecule has 118 valence electrons. The molecule has 2 aromatic heterocycles. The molecule has 0 radical (unpaired) electrons. The zero-order valence-electron chi connectivity index (χ0n) is 13.2. The number of benzene rings is 1. The van der Waals surface area contributed by atoms with Gasteiger partial charge in [0.05, 0.1) is 12.2 Å². The monoisotopic (exact) mass is 307 g/mol. The van der Waals surface area contributed by atoms with Gasteiger partial charge in [0.15, 0.2) is 5.82 Å². The molecule has 23 heavy (non-hydrogen) atoms. The van der Waals surface area contributed by atoms with Crippen LogP contribution in [0.2, 0.25) is 0 Å². The third kappa shape index (κ3) is 3.05. The van der Waals surface area contributed by atoms with Crippen molar-refractivity contribution in [2.75, 3.05) is 6.54 Å². The number of hydrogen-bond donors (Lipinski definition) is 1. The Bertz CT molecular complexity index is 748. The second kappa shape index (κ2) is 6.38. The van der Waals surface area contributed by atoms with Gasteiger partial charge < -0.3 is 9.88 Å². The zero-order chi connectivity index (χ0) is 15.5. The molecule has 0 fully saturated rings. The molecule has 3 aromatic rings. The van der Waals surface area contributed by atoms with E-state index in [1.165, 1.54) is 11.3 Å². The number of fused-ring (bicyclic) bond motifs is 1. The third-order valence-electron chi connectivity index (χ3n) is 4.32. The maximum atomic E-state index is 4.71. The summed E-state index contributed by atoms with van der Waals surface area (Å²) in [5, 5.41) is 8.09. The minimum Gasteiger partial charge on any atom is -0.330 e. The number of rotatable bonds is 5. The summed E-state index contributed by atoms with van der Waals surface area (Å²) in [7, 11) is 0. The highest BCUT2D eigenvalue weighted by atomic mass is 15.3. The summed E-state index contributed by atoms with van der Waals surface area (Å²) in [5.41, 5.74) is 3.61. The van der Waals surface area contributed by atoms with E-state index in [1.54, 1.807) is 0 Å². The van der Waals surface area contributed by atoms with Crippen molar-refractivity contribution in [2.45, 2.75) is 32.5 Å². The van der Waals surface area contributed by atoms with E-state index in [9.17, 15) is 0 Å². The van der Waals surface area contributed by atoms with Crippen LogP contribution in [-0.2, 0) is 26.1 Å². The van der Waals surface area contributed by atoms with E-state index < -0.39 is 0 Å². The van der Waals surface area contributed by atoms with Crippen LogP contribution in [0.25, 0.3) is 11.5 Å². The van der Waals surface area contributed by atoms with Gasteiger partial charge in [-0.3, -0.25) is 4.68 Å². The Morgan fingerprint density at radius 1 is 1.17 bits per heavy atom. The minimum atomic E-state index is 0.891. The number of hydrogen-bond acceptors (Lipinski definition) is 3. The van der Waals surface area contributed by atoms with Gasteiger partial charge in [-0.25, -0.2) is 4.98 Å². The molecule has 5 nitrogen and oxygen atoms in total. The summed E-state index contributed by atoms with van der Waals surface area (Å²) < 4.78 is 4.31. The standard InChI is InChI=1S/C18H21N5/c1-2-5-15(6-3-1)7-4-10-22-11-9-20-18(22)17-13-16-14-19-8-12-23(16)21-17/h1-3,5-6,9,11,13,19H,4,7-8,10,12,14H2. The highest BCUT2D eigenvalue weighted by Gasteiger charge is 2.15. The van der Waals surface area contributed by atoms with Crippen molar-refractivity contribution in [3.8, 4) is 11.5 Å². The van der Waals surface area contributed by atoms with Gasteiger partial charge >= 0.3 is 0 Å². The van der Waals surface area contributed by atoms with Crippen molar-refractivity contribution in [1.82, 2.24) is 24.6 Å². The topological polar surface area (TPSA) is 47.7 Å². The summed E-state index contributed by atoms with van der Waals surface area (Å²) in [6, 6.07) is 12.8. The van der Waals surface area contributed by atoms with E-state index in [1.807, 2.05) is 6.20 Å². The molecule has 0 saturated carbocycles. The van der Waals surface area contributed by atoms with Gasteiger partial charge in [0.1, 0.15) is 5.69 Å². The predicted molar refractivity (Wildman–Crippen MR) is 89.9 cm³/mol. The molecule has 0 bridgehead atoms. The molecule has 0 saturated heterocycles. The van der Waals surface area contributed by atoms with Crippen molar-refractivity contribution in [3.05, 3.63) is 60.0 Å². The summed E-state index contributed by atoms with van der Waals surface area (Å²) in [5.74, 6) is 0.972. The molecule has 5 heteroatoms. The summed E-state index contributed by atoms with van der Waals surface area (Å²) in [4.78, 5) is 4.52. The van der Waals surface area contributed by atoms with Gasteiger partial charge in [0.2, 0.25) is 0 Å². The quantitative estimate of drug-likeness (QED) is 0.788. The van der Waals surface area contributed by atoms with Crippen molar-refractivity contribution < 1.29 is 0 Å². The first-order valence-electron chi connectivity index (χ1n) is 8.23. The van der Waals surface area contributed by atoms with Crippen LogP contribution in [-0.4, -0.2) is 25.9 Å². The van der Waals surface area contributed by atoms with Gasteiger partial charge in [0.25, 0.3) is 0 Å². The molecule has 1 aliphatic rings. The van der Waals surface area contributed by atoms with Crippen LogP contribution < -0.4 is 5.32 Å². The molecule has 1 N–H and O–H groups in total. The SMILES string of the molecule is c1ccc(CCCn2ccnc2-c2cc3n(n2)CCNC3)cc1. The lowest BCUT2D eigenvalue weighted by Gasteiger charge is -2.13. The Kier molecular flexibility index (Phi) is 3.94. The zero-order valence-corrected chi connectivity index (χ0v) is 13.2. The lowest BCUT2D eigenvalue weighted by molar-refractivity contribution is 0.476. The molecule has 0 atom stereocenters. The van der Waals surface area contributed by atoms with Crippen LogP contribution in [0.3, 0.4) is 0 Å².